The fraction of sp³-hybridized carbons (Fsp3) is 0.429. The number of piperazine rings is 1. The number of hydrogen-bond acceptors (Lipinski definition) is 3. The molecule has 1 aliphatic heterocycles. The van der Waals surface area contributed by atoms with E-state index in [0.717, 1.165) is 17.0 Å². The molecule has 0 aliphatic carbocycles. The second-order valence-corrected chi connectivity index (χ2v) is 5.45. The van der Waals surface area contributed by atoms with E-state index in [1.165, 1.54) is 7.05 Å². The molecular formula is C14H16ClF2N3O2. The van der Waals surface area contributed by atoms with Gasteiger partial charge in [-0.05, 0) is 12.1 Å². The van der Waals surface area contributed by atoms with Crippen LogP contribution in [0.25, 0.3) is 0 Å². The van der Waals surface area contributed by atoms with Crippen LogP contribution in [-0.2, 0) is 4.79 Å². The van der Waals surface area contributed by atoms with Crippen LogP contribution in [0.1, 0.15) is 10.4 Å². The maximum Gasteiger partial charge on any atom is 0.257 e. The third-order valence-electron chi connectivity index (χ3n) is 3.43. The minimum Gasteiger partial charge on any atom is -0.339 e. The molecular weight excluding hydrogens is 316 g/mol. The van der Waals surface area contributed by atoms with Gasteiger partial charge in [-0.25, -0.2) is 8.78 Å². The van der Waals surface area contributed by atoms with Gasteiger partial charge in [-0.15, -0.1) is 0 Å². The van der Waals surface area contributed by atoms with Crippen molar-refractivity contribution in [2.24, 2.45) is 0 Å². The van der Waals surface area contributed by atoms with Crippen LogP contribution in [0.4, 0.5) is 8.78 Å². The van der Waals surface area contributed by atoms with E-state index in [-0.39, 0.29) is 12.5 Å². The SMILES string of the molecule is CN(CC(=O)N1CCNCC1)C(=O)c1cc(F)c(Cl)cc1F. The predicted molar refractivity (Wildman–Crippen MR) is 77.8 cm³/mol. The zero-order valence-corrected chi connectivity index (χ0v) is 12.8. The molecule has 5 nitrogen and oxygen atoms in total. The molecule has 0 aromatic heterocycles. The Hall–Kier alpha value is -1.73. The highest BCUT2D eigenvalue weighted by Crippen LogP contribution is 2.20. The van der Waals surface area contributed by atoms with Crippen LogP contribution in [0.5, 0.6) is 0 Å². The average molecular weight is 332 g/mol. The average Bonchev–Trinajstić information content (AvgIpc) is 2.51. The van der Waals surface area contributed by atoms with Gasteiger partial charge in [0, 0.05) is 33.2 Å². The van der Waals surface area contributed by atoms with Crippen molar-refractivity contribution in [3.63, 3.8) is 0 Å². The maximum absolute atomic E-state index is 13.7. The van der Waals surface area contributed by atoms with Crippen molar-refractivity contribution >= 4 is 23.4 Å². The van der Waals surface area contributed by atoms with E-state index in [0.29, 0.717) is 26.2 Å². The third kappa shape index (κ3) is 3.72. The molecule has 0 bridgehead atoms. The van der Waals surface area contributed by atoms with Crippen LogP contribution in [0.3, 0.4) is 0 Å². The van der Waals surface area contributed by atoms with Crippen molar-refractivity contribution in [2.75, 3.05) is 39.8 Å². The Morgan fingerprint density at radius 3 is 2.55 bits per heavy atom. The standard InChI is InChI=1S/C14H16ClF2N3O2/c1-19(8-13(21)20-4-2-18-3-5-20)14(22)9-6-12(17)10(15)7-11(9)16/h6-7,18H,2-5,8H2,1H3. The van der Waals surface area contributed by atoms with E-state index in [4.69, 9.17) is 11.6 Å². The van der Waals surface area contributed by atoms with Crippen LogP contribution in [0, 0.1) is 11.6 Å². The molecule has 1 fully saturated rings. The largest absolute Gasteiger partial charge is 0.339 e. The van der Waals surface area contributed by atoms with Gasteiger partial charge in [-0.1, -0.05) is 11.6 Å². The van der Waals surface area contributed by atoms with E-state index in [1.54, 1.807) is 4.90 Å². The Bertz CT molecular complexity index is 592. The second-order valence-electron chi connectivity index (χ2n) is 5.04. The van der Waals surface area contributed by atoms with Gasteiger partial charge in [0.1, 0.15) is 11.6 Å². The van der Waals surface area contributed by atoms with Crippen LogP contribution in [0.2, 0.25) is 5.02 Å². The highest BCUT2D eigenvalue weighted by atomic mass is 35.5. The summed E-state index contributed by atoms with van der Waals surface area (Å²) in [6.07, 6.45) is 0. The third-order valence-corrected chi connectivity index (χ3v) is 3.72. The van der Waals surface area contributed by atoms with Crippen LogP contribution in [0.15, 0.2) is 12.1 Å². The highest BCUT2D eigenvalue weighted by Gasteiger charge is 2.23. The molecule has 1 aromatic carbocycles. The van der Waals surface area contributed by atoms with Gasteiger partial charge in [0.05, 0.1) is 17.1 Å². The number of hydrogen-bond donors (Lipinski definition) is 1. The molecule has 0 spiro atoms. The van der Waals surface area contributed by atoms with Gasteiger partial charge < -0.3 is 15.1 Å². The summed E-state index contributed by atoms with van der Waals surface area (Å²) in [6.45, 7) is 2.32. The first-order valence-electron chi connectivity index (χ1n) is 6.78. The lowest BCUT2D eigenvalue weighted by Gasteiger charge is -2.29. The Morgan fingerprint density at radius 2 is 1.91 bits per heavy atom. The zero-order chi connectivity index (χ0) is 16.3. The normalized spacial score (nSPS) is 14.8. The first-order valence-corrected chi connectivity index (χ1v) is 7.16. The van der Waals surface area contributed by atoms with Crippen molar-refractivity contribution in [2.45, 2.75) is 0 Å². The van der Waals surface area contributed by atoms with Crippen molar-refractivity contribution in [1.29, 1.82) is 0 Å². The van der Waals surface area contributed by atoms with Gasteiger partial charge in [-0.2, -0.15) is 0 Å². The van der Waals surface area contributed by atoms with E-state index >= 15 is 0 Å². The van der Waals surface area contributed by atoms with Crippen molar-refractivity contribution < 1.29 is 18.4 Å². The molecule has 22 heavy (non-hydrogen) atoms. The minimum absolute atomic E-state index is 0.192. The molecule has 1 aromatic rings. The van der Waals surface area contributed by atoms with E-state index in [1.807, 2.05) is 0 Å². The van der Waals surface area contributed by atoms with Crippen LogP contribution >= 0.6 is 11.6 Å². The fourth-order valence-electron chi connectivity index (χ4n) is 2.18. The number of amides is 2. The minimum atomic E-state index is -0.919. The molecule has 0 atom stereocenters. The monoisotopic (exact) mass is 331 g/mol. The van der Waals surface area contributed by atoms with Crippen molar-refractivity contribution in [3.8, 4) is 0 Å². The summed E-state index contributed by atoms with van der Waals surface area (Å²) in [5, 5.41) is 2.72. The smallest absolute Gasteiger partial charge is 0.257 e. The molecule has 0 radical (unpaired) electrons. The van der Waals surface area contributed by atoms with Gasteiger partial charge >= 0.3 is 0 Å². The number of halogens is 3. The lowest BCUT2D eigenvalue weighted by molar-refractivity contribution is -0.132. The number of benzene rings is 1. The summed E-state index contributed by atoms with van der Waals surface area (Å²) in [5.41, 5.74) is -0.447. The second kappa shape index (κ2) is 7.02. The number of nitrogens with one attached hydrogen (secondary N) is 1. The van der Waals surface area contributed by atoms with Gasteiger partial charge in [0.25, 0.3) is 5.91 Å². The number of likely N-dealkylation sites (N-methyl/N-ethyl adjacent to an activating group) is 1. The number of carbonyl (C=O) groups excluding carboxylic acids is 2. The number of nitrogens with zero attached hydrogens (tertiary/aromatic N) is 2. The molecule has 2 rings (SSSR count). The number of carbonyl (C=O) groups is 2. The molecule has 120 valence electrons. The topological polar surface area (TPSA) is 52.7 Å². The molecule has 1 aliphatic rings. The maximum atomic E-state index is 13.7. The Kier molecular flexibility index (Phi) is 5.31. The molecule has 0 saturated carbocycles. The molecule has 1 N–H and O–H groups in total. The Morgan fingerprint density at radius 1 is 1.27 bits per heavy atom. The van der Waals surface area contributed by atoms with Gasteiger partial charge in [0.15, 0.2) is 0 Å². The molecule has 1 heterocycles. The highest BCUT2D eigenvalue weighted by molar-refractivity contribution is 6.30. The lowest BCUT2D eigenvalue weighted by Crippen LogP contribution is -2.49. The Balaban J connectivity index is 2.05. The van der Waals surface area contributed by atoms with Crippen molar-refractivity contribution in [1.82, 2.24) is 15.1 Å². The molecule has 8 heteroatoms. The molecule has 2 amide bonds. The molecule has 1 saturated heterocycles. The van der Waals surface area contributed by atoms with Gasteiger partial charge in [0.2, 0.25) is 5.91 Å². The van der Waals surface area contributed by atoms with E-state index in [2.05, 4.69) is 5.32 Å². The summed E-state index contributed by atoms with van der Waals surface area (Å²) in [4.78, 5) is 26.9. The molecule has 0 unspecified atom stereocenters. The Labute approximate surface area is 131 Å². The summed E-state index contributed by atoms with van der Waals surface area (Å²) in [7, 11) is 1.37. The van der Waals surface area contributed by atoms with Crippen LogP contribution in [-0.4, -0.2) is 61.4 Å². The van der Waals surface area contributed by atoms with Gasteiger partial charge in [-0.3, -0.25) is 9.59 Å². The summed E-state index contributed by atoms with van der Waals surface area (Å²) in [6, 6.07) is 1.49. The summed E-state index contributed by atoms with van der Waals surface area (Å²) in [5.74, 6) is -2.80. The first-order chi connectivity index (χ1) is 10.4. The van der Waals surface area contributed by atoms with E-state index in [9.17, 15) is 18.4 Å². The quantitative estimate of drug-likeness (QED) is 0.845. The summed E-state index contributed by atoms with van der Waals surface area (Å²) < 4.78 is 27.1. The van der Waals surface area contributed by atoms with Crippen molar-refractivity contribution in [3.05, 3.63) is 34.4 Å². The van der Waals surface area contributed by atoms with E-state index < -0.39 is 28.1 Å². The zero-order valence-electron chi connectivity index (χ0n) is 12.0. The summed E-state index contributed by atoms with van der Waals surface area (Å²) >= 11 is 5.45. The van der Waals surface area contributed by atoms with Crippen LogP contribution < -0.4 is 5.32 Å². The fourth-order valence-corrected chi connectivity index (χ4v) is 2.33. The number of rotatable bonds is 3. The first kappa shape index (κ1) is 16.6. The lowest BCUT2D eigenvalue weighted by atomic mass is 10.2. The predicted octanol–water partition coefficient (Wildman–Crippen LogP) is 1.12.